The molecule has 1 N–H and O–H groups in total. The first-order valence-electron chi connectivity index (χ1n) is 9.70. The molecular formula is C20H34O2. The van der Waals surface area contributed by atoms with Gasteiger partial charge in [-0.05, 0) is 92.3 Å². The minimum Gasteiger partial charge on any atom is -0.393 e. The second-order valence-electron chi connectivity index (χ2n) is 9.43. The Morgan fingerprint density at radius 1 is 0.864 bits per heavy atom. The Morgan fingerprint density at radius 3 is 2.36 bits per heavy atom. The van der Waals surface area contributed by atoms with Crippen LogP contribution in [-0.4, -0.2) is 24.4 Å². The van der Waals surface area contributed by atoms with Crippen LogP contribution in [0.3, 0.4) is 0 Å². The van der Waals surface area contributed by atoms with E-state index in [9.17, 15) is 5.11 Å². The van der Waals surface area contributed by atoms with Gasteiger partial charge in [0.15, 0.2) is 0 Å². The van der Waals surface area contributed by atoms with Gasteiger partial charge in [-0.1, -0.05) is 13.8 Å². The van der Waals surface area contributed by atoms with Crippen LogP contribution in [0.1, 0.15) is 71.6 Å². The highest BCUT2D eigenvalue weighted by atomic mass is 16.5. The van der Waals surface area contributed by atoms with Gasteiger partial charge in [-0.3, -0.25) is 0 Å². The van der Waals surface area contributed by atoms with Gasteiger partial charge in [-0.15, -0.1) is 0 Å². The second kappa shape index (κ2) is 5.21. The van der Waals surface area contributed by atoms with E-state index in [2.05, 4.69) is 13.8 Å². The van der Waals surface area contributed by atoms with Crippen LogP contribution in [0.25, 0.3) is 0 Å². The zero-order chi connectivity index (χ0) is 15.5. The maximum atomic E-state index is 10.1. The average Bonchev–Trinajstić information content (AvgIpc) is 2.84. The summed E-state index contributed by atoms with van der Waals surface area (Å²) in [5, 5.41) is 10.1. The third kappa shape index (κ3) is 1.99. The second-order valence-corrected chi connectivity index (χ2v) is 9.43. The Labute approximate surface area is 136 Å². The lowest BCUT2D eigenvalue weighted by atomic mass is 9.45. The highest BCUT2D eigenvalue weighted by Gasteiger charge is 2.60. The number of aliphatic hydroxyl groups excluding tert-OH is 1. The van der Waals surface area contributed by atoms with Crippen LogP contribution in [0, 0.1) is 34.5 Å². The first-order valence-corrected chi connectivity index (χ1v) is 9.70. The van der Waals surface area contributed by atoms with Gasteiger partial charge in [-0.2, -0.15) is 0 Å². The molecule has 0 aliphatic heterocycles. The zero-order valence-electron chi connectivity index (χ0n) is 14.7. The molecule has 0 saturated heterocycles. The van der Waals surface area contributed by atoms with Gasteiger partial charge in [0.2, 0.25) is 0 Å². The molecule has 4 aliphatic carbocycles. The molecule has 126 valence electrons. The van der Waals surface area contributed by atoms with Crippen molar-refractivity contribution in [3.63, 3.8) is 0 Å². The van der Waals surface area contributed by atoms with E-state index in [4.69, 9.17) is 4.74 Å². The van der Waals surface area contributed by atoms with Crippen molar-refractivity contribution >= 4 is 0 Å². The minimum atomic E-state index is -0.0205. The van der Waals surface area contributed by atoms with Crippen molar-refractivity contribution in [2.24, 2.45) is 34.5 Å². The first-order chi connectivity index (χ1) is 10.5. The average molecular weight is 306 g/mol. The lowest BCUT2D eigenvalue weighted by molar-refractivity contribution is -0.137. The van der Waals surface area contributed by atoms with Crippen molar-refractivity contribution in [2.75, 3.05) is 7.11 Å². The Bertz CT molecular complexity index is 435. The summed E-state index contributed by atoms with van der Waals surface area (Å²) in [5.41, 5.74) is 0.946. The fraction of sp³-hybridized carbons (Fsp3) is 1.00. The molecule has 4 rings (SSSR count). The Morgan fingerprint density at radius 2 is 1.59 bits per heavy atom. The van der Waals surface area contributed by atoms with Crippen molar-refractivity contribution in [3.8, 4) is 0 Å². The monoisotopic (exact) mass is 306 g/mol. The van der Waals surface area contributed by atoms with Gasteiger partial charge in [0, 0.05) is 7.11 Å². The summed E-state index contributed by atoms with van der Waals surface area (Å²) in [6.45, 7) is 5.10. The van der Waals surface area contributed by atoms with Crippen LogP contribution < -0.4 is 0 Å². The van der Waals surface area contributed by atoms with Gasteiger partial charge >= 0.3 is 0 Å². The molecule has 22 heavy (non-hydrogen) atoms. The molecule has 0 heterocycles. The number of hydrogen-bond donors (Lipinski definition) is 1. The topological polar surface area (TPSA) is 29.5 Å². The van der Waals surface area contributed by atoms with E-state index in [-0.39, 0.29) is 6.10 Å². The van der Waals surface area contributed by atoms with E-state index in [1.54, 1.807) is 0 Å². The number of fused-ring (bicyclic) bond motifs is 5. The zero-order valence-corrected chi connectivity index (χ0v) is 14.7. The molecule has 4 fully saturated rings. The lowest BCUT2D eigenvalue weighted by Crippen LogP contribution is -2.54. The summed E-state index contributed by atoms with van der Waals surface area (Å²) < 4.78 is 5.88. The number of rotatable bonds is 1. The summed E-state index contributed by atoms with van der Waals surface area (Å²) in [6.07, 6.45) is 12.1. The van der Waals surface area contributed by atoms with Gasteiger partial charge < -0.3 is 9.84 Å². The summed E-state index contributed by atoms with van der Waals surface area (Å²) >= 11 is 0. The Balaban J connectivity index is 1.61. The standard InChI is InChI=1S/C20H34O2/c1-19-10-8-14(21)12-13(19)4-5-15-16-6-7-18(22-3)20(16,2)11-9-17(15)19/h13-18,21H,4-12H2,1-3H3/t13-,14+,15+,16+,17+,18+,19+,20+/m1/s1. The molecule has 4 aliphatic rings. The van der Waals surface area contributed by atoms with Crippen molar-refractivity contribution in [1.82, 2.24) is 0 Å². The number of methoxy groups -OCH3 is 1. The molecule has 0 aromatic rings. The lowest BCUT2D eigenvalue weighted by Gasteiger charge is -2.60. The highest BCUT2D eigenvalue weighted by Crippen LogP contribution is 2.66. The Hall–Kier alpha value is -0.0800. The van der Waals surface area contributed by atoms with Crippen LogP contribution in [-0.2, 0) is 4.74 Å². The van der Waals surface area contributed by atoms with Crippen molar-refractivity contribution in [3.05, 3.63) is 0 Å². The molecule has 4 saturated carbocycles. The van der Waals surface area contributed by atoms with Crippen LogP contribution in [0.5, 0.6) is 0 Å². The summed E-state index contributed by atoms with van der Waals surface area (Å²) in [6, 6.07) is 0. The van der Waals surface area contributed by atoms with Gasteiger partial charge in [0.1, 0.15) is 0 Å². The number of aliphatic hydroxyl groups is 1. The molecule has 0 aromatic heterocycles. The maximum Gasteiger partial charge on any atom is 0.0627 e. The number of hydrogen-bond acceptors (Lipinski definition) is 2. The third-order valence-electron chi connectivity index (χ3n) is 8.84. The fourth-order valence-corrected chi connectivity index (χ4v) is 7.57. The van der Waals surface area contributed by atoms with Crippen LogP contribution in [0.2, 0.25) is 0 Å². The van der Waals surface area contributed by atoms with Crippen molar-refractivity contribution in [1.29, 1.82) is 0 Å². The summed E-state index contributed by atoms with van der Waals surface area (Å²) in [5.74, 6) is 3.50. The van der Waals surface area contributed by atoms with Gasteiger partial charge in [0.05, 0.1) is 12.2 Å². The first kappa shape index (κ1) is 15.4. The van der Waals surface area contributed by atoms with Crippen LogP contribution >= 0.6 is 0 Å². The SMILES string of the molecule is CO[C@H]1CC[C@H]2[C@@H]3CC[C@@H]4C[C@@H](O)CC[C@]4(C)[C@H]3CC[C@]12C. The van der Waals surface area contributed by atoms with Crippen molar-refractivity contribution in [2.45, 2.75) is 83.8 Å². The van der Waals surface area contributed by atoms with E-state index >= 15 is 0 Å². The van der Waals surface area contributed by atoms with E-state index in [1.807, 2.05) is 7.11 Å². The third-order valence-corrected chi connectivity index (χ3v) is 8.84. The van der Waals surface area contributed by atoms with Crippen LogP contribution in [0.15, 0.2) is 0 Å². The summed E-state index contributed by atoms with van der Waals surface area (Å²) in [7, 11) is 1.92. The molecule has 0 radical (unpaired) electrons. The molecule has 0 spiro atoms. The van der Waals surface area contributed by atoms with E-state index in [0.717, 1.165) is 36.5 Å². The molecule has 8 atom stereocenters. The predicted octanol–water partition coefficient (Wildman–Crippen LogP) is 4.41. The van der Waals surface area contributed by atoms with E-state index in [0.29, 0.717) is 16.9 Å². The largest absolute Gasteiger partial charge is 0.393 e. The number of ether oxygens (including phenoxy) is 1. The normalized spacial score (nSPS) is 57.8. The van der Waals surface area contributed by atoms with E-state index in [1.165, 1.54) is 44.9 Å². The van der Waals surface area contributed by atoms with E-state index < -0.39 is 0 Å². The van der Waals surface area contributed by atoms with Gasteiger partial charge in [0.25, 0.3) is 0 Å². The maximum absolute atomic E-state index is 10.1. The molecule has 2 heteroatoms. The van der Waals surface area contributed by atoms with Crippen molar-refractivity contribution < 1.29 is 9.84 Å². The Kier molecular flexibility index (Phi) is 3.66. The molecule has 0 amide bonds. The predicted molar refractivity (Wildman–Crippen MR) is 88.5 cm³/mol. The molecular weight excluding hydrogens is 272 g/mol. The summed E-state index contributed by atoms with van der Waals surface area (Å²) in [4.78, 5) is 0. The van der Waals surface area contributed by atoms with Crippen LogP contribution in [0.4, 0.5) is 0 Å². The smallest absolute Gasteiger partial charge is 0.0627 e. The minimum absolute atomic E-state index is 0.0205. The molecule has 2 nitrogen and oxygen atoms in total. The highest BCUT2D eigenvalue weighted by molar-refractivity contribution is 5.09. The molecule has 0 aromatic carbocycles. The molecule has 0 unspecified atom stereocenters. The quantitative estimate of drug-likeness (QED) is 0.778. The molecule has 0 bridgehead atoms. The fourth-order valence-electron chi connectivity index (χ4n) is 7.57. The van der Waals surface area contributed by atoms with Gasteiger partial charge in [-0.25, -0.2) is 0 Å².